The maximum Gasteiger partial charge on any atom is 0.160 e. The smallest absolute Gasteiger partial charge is 0.160 e. The van der Waals surface area contributed by atoms with Crippen LogP contribution in [0.4, 0.5) is 5.82 Å². The highest BCUT2D eigenvalue weighted by Crippen LogP contribution is 2.32. The summed E-state index contributed by atoms with van der Waals surface area (Å²) in [4.78, 5) is 13.8. The molecule has 9 heteroatoms. The normalized spacial score (nSPS) is 21.1. The van der Waals surface area contributed by atoms with E-state index in [1.807, 2.05) is 6.20 Å². The number of fused-ring (bicyclic) bond motifs is 1. The van der Waals surface area contributed by atoms with E-state index in [0.717, 1.165) is 56.0 Å². The second-order valence-corrected chi connectivity index (χ2v) is 6.50. The van der Waals surface area contributed by atoms with Gasteiger partial charge in [0.2, 0.25) is 0 Å². The van der Waals surface area contributed by atoms with Crippen molar-refractivity contribution in [1.29, 1.82) is 0 Å². The highest BCUT2D eigenvalue weighted by molar-refractivity contribution is 5.86. The Morgan fingerprint density at radius 1 is 1.12 bits per heavy atom. The molecule has 2 aromatic heterocycles. The third kappa shape index (κ3) is 3.31. The van der Waals surface area contributed by atoms with Crippen LogP contribution in [0.5, 0.6) is 0 Å². The second-order valence-electron chi connectivity index (χ2n) is 6.50. The fraction of sp³-hybridized carbons (Fsp3) is 0.667. The van der Waals surface area contributed by atoms with Crippen molar-refractivity contribution in [2.24, 2.45) is 0 Å². The van der Waals surface area contributed by atoms with Crippen molar-refractivity contribution >= 4 is 41.7 Å². The Kier molecular flexibility index (Phi) is 6.25. The largest absolute Gasteiger partial charge is 0.354 e. The Hall–Kier alpha value is -1.15. The van der Waals surface area contributed by atoms with E-state index < -0.39 is 0 Å². The molecule has 7 nitrogen and oxygen atoms in total. The molecule has 2 N–H and O–H groups in total. The van der Waals surface area contributed by atoms with Gasteiger partial charge in [0.25, 0.3) is 0 Å². The number of nitrogens with one attached hydrogen (secondary N) is 2. The van der Waals surface area contributed by atoms with Crippen molar-refractivity contribution in [3.63, 3.8) is 0 Å². The molecule has 0 atom stereocenters. The van der Waals surface area contributed by atoms with Crippen LogP contribution >= 0.6 is 24.8 Å². The van der Waals surface area contributed by atoms with E-state index >= 15 is 0 Å². The first-order valence-electron chi connectivity index (χ1n) is 8.09. The maximum atomic E-state index is 4.57. The molecule has 0 unspecified atom stereocenters. The summed E-state index contributed by atoms with van der Waals surface area (Å²) >= 11 is 0. The molecule has 0 bridgehead atoms. The van der Waals surface area contributed by atoms with Crippen molar-refractivity contribution < 1.29 is 0 Å². The summed E-state index contributed by atoms with van der Waals surface area (Å²) in [6, 6.07) is 0. The number of halogens is 2. The first kappa shape index (κ1) is 19.2. The van der Waals surface area contributed by atoms with Gasteiger partial charge in [-0.05, 0) is 39.4 Å². The zero-order chi connectivity index (χ0) is 15.0. The van der Waals surface area contributed by atoms with Crippen molar-refractivity contribution in [3.05, 3.63) is 12.5 Å². The Morgan fingerprint density at radius 3 is 2.71 bits per heavy atom. The third-order valence-corrected chi connectivity index (χ3v) is 5.28. The molecule has 0 aliphatic carbocycles. The zero-order valence-electron chi connectivity index (χ0n) is 13.9. The number of H-pyrrole nitrogens is 1. The van der Waals surface area contributed by atoms with Crippen LogP contribution in [-0.2, 0) is 0 Å². The predicted molar refractivity (Wildman–Crippen MR) is 100 cm³/mol. The van der Waals surface area contributed by atoms with Gasteiger partial charge in [-0.2, -0.15) is 5.10 Å². The number of aromatic amines is 1. The average Bonchev–Trinajstić information content (AvgIpc) is 2.97. The molecule has 1 spiro atoms. The fourth-order valence-electron chi connectivity index (χ4n) is 3.91. The SMILES string of the molecule is CN1CCCN(c2ncnc3[nH]ncc23)CC12CCNCC2.Cl.Cl. The lowest BCUT2D eigenvalue weighted by molar-refractivity contribution is 0.0980. The molecule has 24 heavy (non-hydrogen) atoms. The molecule has 0 amide bonds. The number of hydrogen-bond donors (Lipinski definition) is 2. The van der Waals surface area contributed by atoms with Gasteiger partial charge in [0.1, 0.15) is 12.1 Å². The van der Waals surface area contributed by atoms with Crippen molar-refractivity contribution in [1.82, 2.24) is 30.4 Å². The molecular weight excluding hydrogens is 349 g/mol. The van der Waals surface area contributed by atoms with Crippen LogP contribution in [-0.4, -0.2) is 70.4 Å². The van der Waals surface area contributed by atoms with Crippen LogP contribution in [0.15, 0.2) is 12.5 Å². The molecule has 2 aliphatic rings. The van der Waals surface area contributed by atoms with Gasteiger partial charge in [0.05, 0.1) is 11.6 Å². The zero-order valence-corrected chi connectivity index (χ0v) is 15.5. The minimum Gasteiger partial charge on any atom is -0.354 e. The van der Waals surface area contributed by atoms with Gasteiger partial charge < -0.3 is 10.2 Å². The van der Waals surface area contributed by atoms with Crippen LogP contribution in [0.25, 0.3) is 11.0 Å². The standard InChI is InChI=1S/C15H23N7.2ClH/c1-21-7-2-8-22(10-15(21)3-5-16-6-4-15)14-12-9-19-20-13(12)17-11-18-14;;/h9,11,16H,2-8,10H2,1H3,(H,17,18,19,20);2*1H. The molecule has 2 aliphatic heterocycles. The molecule has 4 rings (SSSR count). The van der Waals surface area contributed by atoms with E-state index in [0.29, 0.717) is 0 Å². The lowest BCUT2D eigenvalue weighted by atomic mass is 9.86. The number of likely N-dealkylation sites (N-methyl/N-ethyl adjacent to an activating group) is 1. The number of rotatable bonds is 1. The van der Waals surface area contributed by atoms with Crippen LogP contribution in [0, 0.1) is 0 Å². The van der Waals surface area contributed by atoms with Crippen molar-refractivity contribution in [3.8, 4) is 0 Å². The van der Waals surface area contributed by atoms with Gasteiger partial charge in [0.15, 0.2) is 5.65 Å². The number of aromatic nitrogens is 4. The Labute approximate surface area is 154 Å². The Balaban J connectivity index is 0.00000104. The molecule has 2 fully saturated rings. The number of piperidine rings is 1. The summed E-state index contributed by atoms with van der Waals surface area (Å²) in [5.74, 6) is 1.02. The quantitative estimate of drug-likeness (QED) is 0.788. The van der Waals surface area contributed by atoms with Gasteiger partial charge in [0, 0.05) is 25.2 Å². The molecule has 4 heterocycles. The monoisotopic (exact) mass is 373 g/mol. The predicted octanol–water partition coefficient (Wildman–Crippen LogP) is 1.46. The third-order valence-electron chi connectivity index (χ3n) is 5.28. The summed E-state index contributed by atoms with van der Waals surface area (Å²) < 4.78 is 0. The van der Waals surface area contributed by atoms with Gasteiger partial charge in [-0.25, -0.2) is 9.97 Å². The lowest BCUT2D eigenvalue weighted by Crippen LogP contribution is -2.57. The molecular formula is C15H25Cl2N7. The highest BCUT2D eigenvalue weighted by Gasteiger charge is 2.39. The fourth-order valence-corrected chi connectivity index (χ4v) is 3.91. The molecule has 0 saturated carbocycles. The number of hydrogen-bond acceptors (Lipinski definition) is 6. The minimum absolute atomic E-state index is 0. The minimum atomic E-state index is 0. The first-order chi connectivity index (χ1) is 10.8. The van der Waals surface area contributed by atoms with Crippen LogP contribution in [0.2, 0.25) is 0 Å². The Morgan fingerprint density at radius 2 is 1.92 bits per heavy atom. The molecule has 2 aromatic rings. The van der Waals surface area contributed by atoms with Crippen LogP contribution < -0.4 is 10.2 Å². The molecule has 0 aromatic carbocycles. The number of nitrogens with zero attached hydrogens (tertiary/aromatic N) is 5. The summed E-state index contributed by atoms with van der Waals surface area (Å²) in [7, 11) is 2.28. The second kappa shape index (κ2) is 7.82. The summed E-state index contributed by atoms with van der Waals surface area (Å²) in [5.41, 5.74) is 1.07. The molecule has 134 valence electrons. The van der Waals surface area contributed by atoms with Crippen molar-refractivity contribution in [2.75, 3.05) is 44.7 Å². The first-order valence-corrected chi connectivity index (χ1v) is 8.09. The van der Waals surface area contributed by atoms with Gasteiger partial charge in [-0.1, -0.05) is 0 Å². The topological polar surface area (TPSA) is 73.0 Å². The van der Waals surface area contributed by atoms with Crippen LogP contribution in [0.1, 0.15) is 19.3 Å². The van der Waals surface area contributed by atoms with E-state index in [-0.39, 0.29) is 30.4 Å². The summed E-state index contributed by atoms with van der Waals surface area (Å²) in [6.07, 6.45) is 7.03. The van der Waals surface area contributed by atoms with E-state index in [1.165, 1.54) is 12.8 Å². The van der Waals surface area contributed by atoms with Crippen LogP contribution in [0.3, 0.4) is 0 Å². The maximum absolute atomic E-state index is 4.57. The van der Waals surface area contributed by atoms with E-state index in [9.17, 15) is 0 Å². The Bertz CT molecular complexity index is 656. The van der Waals surface area contributed by atoms with Gasteiger partial charge >= 0.3 is 0 Å². The molecule has 2 saturated heterocycles. The van der Waals surface area contributed by atoms with E-state index in [1.54, 1.807) is 6.33 Å². The summed E-state index contributed by atoms with van der Waals surface area (Å²) in [5, 5.41) is 11.6. The van der Waals surface area contributed by atoms with Crippen molar-refractivity contribution in [2.45, 2.75) is 24.8 Å². The van der Waals surface area contributed by atoms with E-state index in [2.05, 4.69) is 42.3 Å². The molecule has 0 radical (unpaired) electrons. The summed E-state index contributed by atoms with van der Waals surface area (Å²) in [6.45, 7) is 5.42. The average molecular weight is 374 g/mol. The highest BCUT2D eigenvalue weighted by atomic mass is 35.5. The lowest BCUT2D eigenvalue weighted by Gasteiger charge is -2.45. The van der Waals surface area contributed by atoms with E-state index in [4.69, 9.17) is 0 Å². The van der Waals surface area contributed by atoms with Gasteiger partial charge in [-0.3, -0.25) is 10.00 Å². The number of anilines is 1. The van der Waals surface area contributed by atoms with Gasteiger partial charge in [-0.15, -0.1) is 24.8 Å².